The van der Waals surface area contributed by atoms with Gasteiger partial charge in [-0.2, -0.15) is 26.3 Å². The molecule has 0 aliphatic carbocycles. The van der Waals surface area contributed by atoms with E-state index in [0.29, 0.717) is 6.10 Å². The summed E-state index contributed by atoms with van der Waals surface area (Å²) in [4.78, 5) is 25.7. The van der Waals surface area contributed by atoms with Crippen molar-refractivity contribution >= 4 is 11.9 Å². The Morgan fingerprint density at radius 1 is 0.842 bits per heavy atom. The predicted octanol–water partition coefficient (Wildman–Crippen LogP) is 2.94. The van der Waals surface area contributed by atoms with Gasteiger partial charge in [0.15, 0.2) is 0 Å². The number of carboxylic acid groups (broad SMARTS) is 2. The Balaban J connectivity index is 0.000000426. The van der Waals surface area contributed by atoms with Crippen LogP contribution in [0.2, 0.25) is 0 Å². The van der Waals surface area contributed by atoms with E-state index in [-0.39, 0.29) is 0 Å². The molecular weight excluding hydrogens is 528 g/mol. The fourth-order valence-corrected chi connectivity index (χ4v) is 4.30. The second-order valence-corrected chi connectivity index (χ2v) is 9.21. The van der Waals surface area contributed by atoms with E-state index in [4.69, 9.17) is 29.3 Å². The van der Waals surface area contributed by atoms with Gasteiger partial charge in [0.25, 0.3) is 0 Å². The molecule has 3 fully saturated rings. The number of nitrogens with zero attached hydrogens (tertiary/aromatic N) is 3. The van der Waals surface area contributed by atoms with Crippen LogP contribution < -0.4 is 0 Å². The first kappa shape index (κ1) is 34.3. The number of alkyl halides is 6. The zero-order chi connectivity index (χ0) is 28.8. The lowest BCUT2D eigenvalue weighted by atomic mass is 10.0. The molecule has 0 aromatic heterocycles. The van der Waals surface area contributed by atoms with Crippen LogP contribution in [0.5, 0.6) is 0 Å². The maximum absolute atomic E-state index is 10.6. The third-order valence-corrected chi connectivity index (χ3v) is 6.54. The molecule has 3 rings (SSSR count). The number of rotatable bonds is 7. The highest BCUT2D eigenvalue weighted by molar-refractivity contribution is 5.73. The SMILES string of the molecule is CCN1CCN(C2CCN(CCOCC3CCCCO3)CC2)CC1.O=C(O)C(F)(F)F.O=C(O)C(F)(F)F. The highest BCUT2D eigenvalue weighted by Crippen LogP contribution is 2.19. The number of carbonyl (C=O) groups is 2. The quantitative estimate of drug-likeness (QED) is 0.355. The fourth-order valence-electron chi connectivity index (χ4n) is 4.30. The van der Waals surface area contributed by atoms with E-state index in [1.54, 1.807) is 0 Å². The average Bonchev–Trinajstić information content (AvgIpc) is 2.87. The molecule has 38 heavy (non-hydrogen) atoms. The Bertz CT molecular complexity index is 652. The Labute approximate surface area is 218 Å². The third-order valence-electron chi connectivity index (χ3n) is 6.54. The zero-order valence-electron chi connectivity index (χ0n) is 21.6. The van der Waals surface area contributed by atoms with Crippen molar-refractivity contribution < 1.29 is 55.6 Å². The summed E-state index contributed by atoms with van der Waals surface area (Å²) in [6.45, 7) is 14.7. The minimum Gasteiger partial charge on any atom is -0.475 e. The van der Waals surface area contributed by atoms with Crippen molar-refractivity contribution in [2.75, 3.05) is 72.2 Å². The van der Waals surface area contributed by atoms with Crippen molar-refractivity contribution in [1.29, 1.82) is 0 Å². The third kappa shape index (κ3) is 14.5. The molecule has 0 aromatic carbocycles. The number of likely N-dealkylation sites (N-methyl/N-ethyl adjacent to an activating group) is 1. The second-order valence-electron chi connectivity index (χ2n) is 9.21. The van der Waals surface area contributed by atoms with E-state index in [0.717, 1.165) is 32.4 Å². The standard InChI is InChI=1S/C19H37N3O2.2C2HF3O2/c1-2-20-10-12-22(13-11-20)18-6-8-21(9-7-18)14-16-23-17-19-5-3-4-15-24-19;2*3-2(4,5)1(6)7/h18-19H,2-17H2,1H3;2*(H,6,7). The number of aliphatic carboxylic acids is 2. The van der Waals surface area contributed by atoms with Crippen molar-refractivity contribution in [3.05, 3.63) is 0 Å². The van der Waals surface area contributed by atoms with Gasteiger partial charge in [-0.1, -0.05) is 6.92 Å². The van der Waals surface area contributed by atoms with Crippen LogP contribution in [0.3, 0.4) is 0 Å². The molecule has 3 saturated heterocycles. The van der Waals surface area contributed by atoms with Gasteiger partial charge in [-0.25, -0.2) is 9.59 Å². The minimum absolute atomic E-state index is 0.353. The highest BCUT2D eigenvalue weighted by Gasteiger charge is 2.39. The molecule has 0 amide bonds. The van der Waals surface area contributed by atoms with E-state index in [2.05, 4.69) is 21.6 Å². The lowest BCUT2D eigenvalue weighted by molar-refractivity contribution is -0.193. The van der Waals surface area contributed by atoms with Crippen molar-refractivity contribution in [2.45, 2.75) is 63.5 Å². The van der Waals surface area contributed by atoms with Crippen molar-refractivity contribution in [2.24, 2.45) is 0 Å². The molecule has 9 nitrogen and oxygen atoms in total. The number of ether oxygens (including phenoxy) is 2. The molecule has 0 bridgehead atoms. The van der Waals surface area contributed by atoms with Crippen LogP contribution in [-0.4, -0.2) is 134 Å². The summed E-state index contributed by atoms with van der Waals surface area (Å²) in [6, 6.07) is 0.816. The van der Waals surface area contributed by atoms with Crippen LogP contribution in [0.4, 0.5) is 26.3 Å². The van der Waals surface area contributed by atoms with Crippen molar-refractivity contribution in [3.63, 3.8) is 0 Å². The summed E-state index contributed by atoms with van der Waals surface area (Å²) in [7, 11) is 0. The summed E-state index contributed by atoms with van der Waals surface area (Å²) in [5, 5.41) is 14.2. The first-order valence-electron chi connectivity index (χ1n) is 12.7. The van der Waals surface area contributed by atoms with E-state index in [1.165, 1.54) is 77.9 Å². The van der Waals surface area contributed by atoms with Crippen LogP contribution in [0, 0.1) is 0 Å². The molecule has 3 heterocycles. The molecule has 3 aliphatic heterocycles. The molecular formula is C23H39F6N3O6. The maximum Gasteiger partial charge on any atom is 0.490 e. The predicted molar refractivity (Wildman–Crippen MR) is 125 cm³/mol. The van der Waals surface area contributed by atoms with Crippen molar-refractivity contribution in [3.8, 4) is 0 Å². The summed E-state index contributed by atoms with van der Waals surface area (Å²) in [5.41, 5.74) is 0. The number of likely N-dealkylation sites (tertiary alicyclic amines) is 1. The smallest absolute Gasteiger partial charge is 0.475 e. The van der Waals surface area contributed by atoms with Crippen LogP contribution in [-0.2, 0) is 19.1 Å². The first-order chi connectivity index (χ1) is 17.7. The summed E-state index contributed by atoms with van der Waals surface area (Å²) in [6.07, 6.45) is -3.45. The maximum atomic E-state index is 10.6. The number of carboxylic acids is 2. The molecule has 0 spiro atoms. The molecule has 1 atom stereocenters. The van der Waals surface area contributed by atoms with Gasteiger partial charge in [-0.3, -0.25) is 4.90 Å². The van der Waals surface area contributed by atoms with Gasteiger partial charge in [0.2, 0.25) is 0 Å². The van der Waals surface area contributed by atoms with Crippen LogP contribution >= 0.6 is 0 Å². The largest absolute Gasteiger partial charge is 0.490 e. The fraction of sp³-hybridized carbons (Fsp3) is 0.913. The van der Waals surface area contributed by atoms with E-state index < -0.39 is 24.3 Å². The topological polar surface area (TPSA) is 103 Å². The Hall–Kier alpha value is -1.68. The summed E-state index contributed by atoms with van der Waals surface area (Å²) >= 11 is 0. The van der Waals surface area contributed by atoms with E-state index in [9.17, 15) is 26.3 Å². The van der Waals surface area contributed by atoms with Gasteiger partial charge in [0.05, 0.1) is 19.3 Å². The van der Waals surface area contributed by atoms with Gasteiger partial charge in [-0.05, 0) is 51.7 Å². The zero-order valence-corrected chi connectivity index (χ0v) is 21.6. The summed E-state index contributed by atoms with van der Waals surface area (Å²) < 4.78 is 75.1. The van der Waals surface area contributed by atoms with Crippen LogP contribution in [0.15, 0.2) is 0 Å². The Morgan fingerprint density at radius 3 is 1.79 bits per heavy atom. The second kappa shape index (κ2) is 17.1. The molecule has 1 unspecified atom stereocenters. The minimum atomic E-state index is -5.08. The summed E-state index contributed by atoms with van der Waals surface area (Å²) in [5.74, 6) is -5.51. The number of hydrogen-bond donors (Lipinski definition) is 2. The molecule has 224 valence electrons. The van der Waals surface area contributed by atoms with E-state index in [1.807, 2.05) is 0 Å². The van der Waals surface area contributed by atoms with Crippen LogP contribution in [0.25, 0.3) is 0 Å². The molecule has 0 saturated carbocycles. The number of piperidine rings is 1. The molecule has 0 radical (unpaired) electrons. The molecule has 0 aromatic rings. The number of hydrogen-bond acceptors (Lipinski definition) is 7. The molecule has 15 heteroatoms. The van der Waals surface area contributed by atoms with Gasteiger partial charge in [-0.15, -0.1) is 0 Å². The van der Waals surface area contributed by atoms with Gasteiger partial charge >= 0.3 is 24.3 Å². The Kier molecular flexibility index (Phi) is 15.5. The Morgan fingerprint density at radius 2 is 1.37 bits per heavy atom. The highest BCUT2D eigenvalue weighted by atomic mass is 19.4. The van der Waals surface area contributed by atoms with Crippen molar-refractivity contribution in [1.82, 2.24) is 14.7 Å². The first-order valence-corrected chi connectivity index (χ1v) is 12.7. The lowest BCUT2D eigenvalue weighted by Gasteiger charge is -2.42. The van der Waals surface area contributed by atoms with Crippen LogP contribution in [0.1, 0.15) is 39.0 Å². The van der Waals surface area contributed by atoms with Gasteiger partial charge in [0.1, 0.15) is 0 Å². The average molecular weight is 568 g/mol. The number of halogens is 6. The van der Waals surface area contributed by atoms with E-state index >= 15 is 0 Å². The van der Waals surface area contributed by atoms with Gasteiger partial charge < -0.3 is 29.5 Å². The number of piperazine rings is 1. The molecule has 2 N–H and O–H groups in total. The lowest BCUT2D eigenvalue weighted by Crippen LogP contribution is -2.53. The van der Waals surface area contributed by atoms with Gasteiger partial charge in [0, 0.05) is 45.4 Å². The molecule has 3 aliphatic rings. The monoisotopic (exact) mass is 567 g/mol. The normalized spacial score (nSPS) is 22.6.